The van der Waals surface area contributed by atoms with E-state index in [1.54, 1.807) is 0 Å². The Balaban J connectivity index is 0.00000121. The van der Waals surface area contributed by atoms with Crippen molar-refractivity contribution in [3.63, 3.8) is 0 Å². The van der Waals surface area contributed by atoms with Crippen LogP contribution in [0.5, 0.6) is 0 Å². The van der Waals surface area contributed by atoms with Crippen molar-refractivity contribution in [2.75, 3.05) is 0 Å². The zero-order valence-electron chi connectivity index (χ0n) is 6.36. The van der Waals surface area contributed by atoms with E-state index in [1.165, 1.54) is 12.1 Å². The molecule has 0 aliphatic heterocycles. The van der Waals surface area contributed by atoms with Crippen LogP contribution in [-0.4, -0.2) is 6.98 Å². The predicted molar refractivity (Wildman–Crippen MR) is 42.1 cm³/mol. The molecule has 62 valence electrons. The molecule has 0 saturated carbocycles. The van der Waals surface area contributed by atoms with Gasteiger partial charge in [-0.1, -0.05) is 17.9 Å². The predicted octanol–water partition coefficient (Wildman–Crippen LogP) is 0.335. The standard InChI is InChI=1S/C5H4BClF3S.K/c7-5-2-1-4(11-5)3-6(8,9)10;/h1-2H,3H2;/q-1;+1. The van der Waals surface area contributed by atoms with Gasteiger partial charge in [0.2, 0.25) is 0 Å². The minimum atomic E-state index is -4.72. The van der Waals surface area contributed by atoms with E-state index in [0.29, 0.717) is 4.34 Å². The molecule has 0 bridgehead atoms. The van der Waals surface area contributed by atoms with Crippen LogP contribution < -0.4 is 51.4 Å². The summed E-state index contributed by atoms with van der Waals surface area (Å²) in [5.41, 5.74) is 0. The molecular weight excluding hydrogens is 234 g/mol. The number of rotatable bonds is 2. The molecule has 1 rings (SSSR count). The van der Waals surface area contributed by atoms with Crippen molar-refractivity contribution in [3.05, 3.63) is 21.3 Å². The average molecular weight is 239 g/mol. The van der Waals surface area contributed by atoms with Crippen molar-refractivity contribution in [2.45, 2.75) is 6.32 Å². The van der Waals surface area contributed by atoms with Gasteiger partial charge in [0.1, 0.15) is 0 Å². The maximum atomic E-state index is 11.8. The van der Waals surface area contributed by atoms with Gasteiger partial charge < -0.3 is 12.9 Å². The zero-order valence-corrected chi connectivity index (χ0v) is 11.1. The fourth-order valence-corrected chi connectivity index (χ4v) is 1.84. The molecule has 0 aliphatic rings. The van der Waals surface area contributed by atoms with Crippen LogP contribution in [0.3, 0.4) is 0 Å². The Morgan fingerprint density at radius 3 is 2.25 bits per heavy atom. The van der Waals surface area contributed by atoms with Crippen LogP contribution in [0.15, 0.2) is 12.1 Å². The van der Waals surface area contributed by atoms with Gasteiger partial charge in [-0.25, -0.2) is 0 Å². The molecule has 0 N–H and O–H groups in total. The molecule has 12 heavy (non-hydrogen) atoms. The monoisotopic (exact) mass is 238 g/mol. The van der Waals surface area contributed by atoms with Crippen LogP contribution in [0.4, 0.5) is 12.9 Å². The van der Waals surface area contributed by atoms with Gasteiger partial charge in [0, 0.05) is 0 Å². The van der Waals surface area contributed by atoms with Crippen LogP contribution in [0, 0.1) is 0 Å². The van der Waals surface area contributed by atoms with Crippen LogP contribution in [0.1, 0.15) is 4.88 Å². The quantitative estimate of drug-likeness (QED) is 0.652. The third-order valence-electron chi connectivity index (χ3n) is 1.06. The number of thiophene rings is 1. The molecule has 0 nitrogen and oxygen atoms in total. The molecule has 1 aromatic heterocycles. The summed E-state index contributed by atoms with van der Waals surface area (Å²) in [6, 6.07) is 2.88. The first-order chi connectivity index (χ1) is 4.97. The molecule has 0 amide bonds. The van der Waals surface area contributed by atoms with Crippen molar-refractivity contribution in [1.82, 2.24) is 0 Å². The Morgan fingerprint density at radius 2 is 1.92 bits per heavy atom. The van der Waals surface area contributed by atoms with Gasteiger partial charge in [-0.05, 0) is 17.0 Å². The molecule has 0 atom stereocenters. The van der Waals surface area contributed by atoms with Crippen molar-refractivity contribution < 1.29 is 64.3 Å². The maximum Gasteiger partial charge on any atom is 1.00 e. The third-order valence-corrected chi connectivity index (χ3v) is 2.31. The molecule has 7 heteroatoms. The second-order valence-electron chi connectivity index (χ2n) is 2.12. The van der Waals surface area contributed by atoms with Crippen molar-refractivity contribution in [2.24, 2.45) is 0 Å². The van der Waals surface area contributed by atoms with Crippen molar-refractivity contribution in [1.29, 1.82) is 0 Å². The normalized spacial score (nSPS) is 11.0. The smallest absolute Gasteiger partial charge is 0.449 e. The van der Waals surface area contributed by atoms with Crippen molar-refractivity contribution >= 4 is 29.9 Å². The summed E-state index contributed by atoms with van der Waals surface area (Å²) < 4.78 is 35.7. The van der Waals surface area contributed by atoms with E-state index < -0.39 is 13.3 Å². The summed E-state index contributed by atoms with van der Waals surface area (Å²) in [5.74, 6) is 0. The van der Waals surface area contributed by atoms with E-state index in [0.717, 1.165) is 11.3 Å². The topological polar surface area (TPSA) is 0 Å². The van der Waals surface area contributed by atoms with E-state index in [2.05, 4.69) is 0 Å². The second-order valence-corrected chi connectivity index (χ2v) is 3.92. The van der Waals surface area contributed by atoms with Gasteiger partial charge >= 0.3 is 58.4 Å². The first-order valence-electron chi connectivity index (χ1n) is 2.92. The Bertz CT molecular complexity index is 249. The molecule has 0 aromatic carbocycles. The molecule has 1 aromatic rings. The van der Waals surface area contributed by atoms with Crippen molar-refractivity contribution in [3.8, 4) is 0 Å². The molecule has 0 spiro atoms. The summed E-state index contributed by atoms with van der Waals surface area (Å²) >= 11 is 6.42. The summed E-state index contributed by atoms with van der Waals surface area (Å²) in [6.45, 7) is -4.72. The molecule has 1 heterocycles. The van der Waals surface area contributed by atoms with E-state index in [-0.39, 0.29) is 56.3 Å². The third kappa shape index (κ3) is 5.26. The maximum absolute atomic E-state index is 11.8. The van der Waals surface area contributed by atoms with E-state index in [1.807, 2.05) is 0 Å². The number of halogens is 4. The van der Waals surface area contributed by atoms with Gasteiger partial charge in [-0.15, -0.1) is 11.3 Å². The first-order valence-corrected chi connectivity index (χ1v) is 4.12. The fraction of sp³-hybridized carbons (Fsp3) is 0.200. The minimum absolute atomic E-state index is 0. The van der Waals surface area contributed by atoms with E-state index >= 15 is 0 Å². The van der Waals surface area contributed by atoms with Crippen LogP contribution in [0.2, 0.25) is 4.34 Å². The Morgan fingerprint density at radius 1 is 1.33 bits per heavy atom. The Hall–Kier alpha value is 1.48. The van der Waals surface area contributed by atoms with Crippen LogP contribution in [-0.2, 0) is 6.32 Å². The van der Waals surface area contributed by atoms with Crippen LogP contribution in [0.25, 0.3) is 0 Å². The van der Waals surface area contributed by atoms with Gasteiger partial charge in [0.05, 0.1) is 4.34 Å². The average Bonchev–Trinajstić information content (AvgIpc) is 2.10. The van der Waals surface area contributed by atoms with E-state index in [9.17, 15) is 12.9 Å². The Labute approximate surface area is 120 Å². The van der Waals surface area contributed by atoms with Gasteiger partial charge in [0.15, 0.2) is 0 Å². The largest absolute Gasteiger partial charge is 1.00 e. The summed E-state index contributed by atoms with van der Waals surface area (Å²) in [5, 5.41) is 0. The molecule has 0 unspecified atom stereocenters. The SMILES string of the molecule is F[B-](F)(F)Cc1ccc(Cl)s1.[K+]. The molecule has 0 fully saturated rings. The molecular formula is C5H4BClF3KS. The molecule has 0 saturated heterocycles. The van der Waals surface area contributed by atoms with Gasteiger partial charge in [0.25, 0.3) is 0 Å². The van der Waals surface area contributed by atoms with Gasteiger partial charge in [-0.3, -0.25) is 0 Å². The minimum Gasteiger partial charge on any atom is -0.449 e. The first kappa shape index (κ1) is 13.5. The summed E-state index contributed by atoms with van der Waals surface area (Å²) in [4.78, 5) is 0.280. The number of hydrogen-bond donors (Lipinski definition) is 0. The summed E-state index contributed by atoms with van der Waals surface area (Å²) in [7, 11) is 0. The zero-order chi connectivity index (χ0) is 8.48. The summed E-state index contributed by atoms with van der Waals surface area (Å²) in [6.07, 6.45) is -0.822. The van der Waals surface area contributed by atoms with Gasteiger partial charge in [-0.2, -0.15) is 0 Å². The van der Waals surface area contributed by atoms with E-state index in [4.69, 9.17) is 11.6 Å². The second kappa shape index (κ2) is 5.38. The molecule has 0 radical (unpaired) electrons. The van der Waals surface area contributed by atoms with Crippen LogP contribution >= 0.6 is 22.9 Å². The fourth-order valence-electron chi connectivity index (χ4n) is 0.690. The molecule has 0 aliphatic carbocycles. The number of hydrogen-bond acceptors (Lipinski definition) is 1. The Kier molecular flexibility index (Phi) is 6.05.